The molecule has 23 heavy (non-hydrogen) atoms. The zero-order chi connectivity index (χ0) is 16.7. The van der Waals surface area contributed by atoms with Crippen molar-refractivity contribution in [1.82, 2.24) is 0 Å². The summed E-state index contributed by atoms with van der Waals surface area (Å²) < 4.78 is 39.1. The van der Waals surface area contributed by atoms with Gasteiger partial charge in [-0.05, 0) is 16.6 Å². The molecule has 1 aromatic carbocycles. The van der Waals surface area contributed by atoms with Crippen LogP contribution in [0.25, 0.3) is 20.9 Å². The third-order valence-electron chi connectivity index (χ3n) is 3.30. The van der Waals surface area contributed by atoms with Crippen LogP contribution in [0.2, 0.25) is 0 Å². The number of azide groups is 2. The van der Waals surface area contributed by atoms with Crippen LogP contribution in [0.1, 0.15) is 12.0 Å². The maximum atomic E-state index is 14.1. The number of benzene rings is 1. The van der Waals surface area contributed by atoms with Gasteiger partial charge in [-0.15, -0.1) is 0 Å². The van der Waals surface area contributed by atoms with Crippen LogP contribution in [0, 0.1) is 0 Å². The number of hydrogen-bond acceptors (Lipinski definition) is 4. The van der Waals surface area contributed by atoms with Gasteiger partial charge in [-0.1, -0.05) is 40.6 Å². The Kier molecular flexibility index (Phi) is 5.72. The van der Waals surface area contributed by atoms with E-state index >= 15 is 0 Å². The quantitative estimate of drug-likeness (QED) is 0.447. The monoisotopic (exact) mass is 324 g/mol. The van der Waals surface area contributed by atoms with Crippen molar-refractivity contribution in [1.29, 1.82) is 0 Å². The van der Waals surface area contributed by atoms with Crippen molar-refractivity contribution in [2.24, 2.45) is 10.2 Å². The second kappa shape index (κ2) is 7.75. The Morgan fingerprint density at radius 1 is 1.26 bits per heavy atom. The van der Waals surface area contributed by atoms with Crippen LogP contribution < -0.4 is 0 Å². The predicted octanol–water partition coefficient (Wildman–Crippen LogP) is 3.94. The van der Waals surface area contributed by atoms with E-state index < -0.39 is 30.8 Å². The summed E-state index contributed by atoms with van der Waals surface area (Å²) in [4.78, 5) is 4.98. The lowest BCUT2D eigenvalue weighted by atomic mass is 9.99. The van der Waals surface area contributed by atoms with Crippen molar-refractivity contribution in [2.45, 2.75) is 37.4 Å². The van der Waals surface area contributed by atoms with Gasteiger partial charge < -0.3 is 9.47 Å². The van der Waals surface area contributed by atoms with Crippen LogP contribution in [0.15, 0.2) is 40.6 Å². The van der Waals surface area contributed by atoms with Gasteiger partial charge in [0.05, 0.1) is 19.3 Å². The topological polar surface area (TPSA) is 116 Å². The molecule has 1 aliphatic heterocycles. The SMILES string of the molecule is [N-]=[N+]=NC[C@H]1CC(F)(F)[C@@H](N=[N+]=[N-])C(OCc2ccccc2)O1. The average molecular weight is 324 g/mol. The Morgan fingerprint density at radius 3 is 2.65 bits per heavy atom. The van der Waals surface area contributed by atoms with E-state index in [2.05, 4.69) is 20.1 Å². The molecule has 10 heteroatoms. The van der Waals surface area contributed by atoms with Crippen molar-refractivity contribution in [3.05, 3.63) is 56.8 Å². The van der Waals surface area contributed by atoms with Crippen molar-refractivity contribution in [2.75, 3.05) is 6.54 Å². The highest BCUT2D eigenvalue weighted by Gasteiger charge is 2.51. The van der Waals surface area contributed by atoms with Gasteiger partial charge in [0.2, 0.25) is 0 Å². The average Bonchev–Trinajstić information content (AvgIpc) is 2.54. The second-order valence-electron chi connectivity index (χ2n) is 4.95. The summed E-state index contributed by atoms with van der Waals surface area (Å²) in [5, 5.41) is 6.37. The molecule has 8 nitrogen and oxygen atoms in total. The molecule has 0 saturated carbocycles. The van der Waals surface area contributed by atoms with Crippen LogP contribution in [-0.2, 0) is 16.1 Å². The molecule has 3 atom stereocenters. The van der Waals surface area contributed by atoms with Crippen LogP contribution in [0.3, 0.4) is 0 Å². The molecule has 1 saturated heterocycles. The third-order valence-corrected chi connectivity index (χ3v) is 3.30. The summed E-state index contributed by atoms with van der Waals surface area (Å²) in [6.45, 7) is -0.229. The number of hydrogen-bond donors (Lipinski definition) is 0. The van der Waals surface area contributed by atoms with E-state index in [1.54, 1.807) is 24.3 Å². The van der Waals surface area contributed by atoms with Gasteiger partial charge in [0.25, 0.3) is 5.92 Å². The molecule has 0 aliphatic carbocycles. The standard InChI is InChI=1S/C13H14F2N6O2/c14-13(15)6-10(7-18-20-16)23-12(11(13)19-21-17)22-8-9-4-2-1-3-5-9/h1-5,10-12H,6-8H2/t10-,11+,12?/m1/s1. The molecule has 0 aromatic heterocycles. The Hall–Kier alpha value is -2.38. The van der Waals surface area contributed by atoms with Gasteiger partial charge >= 0.3 is 0 Å². The van der Waals surface area contributed by atoms with Crippen LogP contribution in [0.5, 0.6) is 0 Å². The molecule has 1 aromatic rings. The first-order chi connectivity index (χ1) is 11.1. The second-order valence-corrected chi connectivity index (χ2v) is 4.95. The molecule has 0 amide bonds. The lowest BCUT2D eigenvalue weighted by Crippen LogP contribution is -2.53. The molecule has 1 aliphatic rings. The van der Waals surface area contributed by atoms with E-state index in [4.69, 9.17) is 20.5 Å². The largest absolute Gasteiger partial charge is 0.348 e. The molecular formula is C13H14F2N6O2. The number of halogens is 2. The third kappa shape index (κ3) is 4.54. The Morgan fingerprint density at radius 2 is 2.00 bits per heavy atom. The smallest absolute Gasteiger partial charge is 0.264 e. The highest BCUT2D eigenvalue weighted by molar-refractivity contribution is 5.13. The van der Waals surface area contributed by atoms with E-state index in [0.29, 0.717) is 0 Å². The highest BCUT2D eigenvalue weighted by Crippen LogP contribution is 2.37. The predicted molar refractivity (Wildman–Crippen MR) is 76.4 cm³/mol. The molecule has 2 rings (SSSR count). The van der Waals surface area contributed by atoms with Crippen LogP contribution in [-0.4, -0.2) is 30.9 Å². The van der Waals surface area contributed by atoms with E-state index in [-0.39, 0.29) is 13.2 Å². The summed E-state index contributed by atoms with van der Waals surface area (Å²) in [6, 6.07) is 7.13. The Bertz CT molecular complexity index is 616. The van der Waals surface area contributed by atoms with Crippen molar-refractivity contribution < 1.29 is 18.3 Å². The molecule has 1 fully saturated rings. The summed E-state index contributed by atoms with van der Waals surface area (Å²) in [6.07, 6.45) is -3.14. The lowest BCUT2D eigenvalue weighted by Gasteiger charge is -2.39. The van der Waals surface area contributed by atoms with Gasteiger partial charge in [0, 0.05) is 16.2 Å². The highest BCUT2D eigenvalue weighted by atomic mass is 19.3. The maximum absolute atomic E-state index is 14.1. The minimum atomic E-state index is -3.32. The summed E-state index contributed by atoms with van der Waals surface area (Å²) in [5.41, 5.74) is 17.6. The molecule has 0 N–H and O–H groups in total. The first-order valence-corrected chi connectivity index (χ1v) is 6.80. The zero-order valence-corrected chi connectivity index (χ0v) is 12.0. The first kappa shape index (κ1) is 17.0. The normalized spacial score (nSPS) is 25.9. The Labute approximate surface area is 130 Å². The van der Waals surface area contributed by atoms with Crippen molar-refractivity contribution in [3.63, 3.8) is 0 Å². The summed E-state index contributed by atoms with van der Waals surface area (Å²) >= 11 is 0. The number of alkyl halides is 2. The first-order valence-electron chi connectivity index (χ1n) is 6.80. The van der Waals surface area contributed by atoms with Crippen LogP contribution >= 0.6 is 0 Å². The Balaban J connectivity index is 2.12. The van der Waals surface area contributed by atoms with E-state index in [9.17, 15) is 8.78 Å². The molecule has 0 spiro atoms. The molecule has 1 heterocycles. The van der Waals surface area contributed by atoms with E-state index in [1.807, 2.05) is 6.07 Å². The van der Waals surface area contributed by atoms with E-state index in [0.717, 1.165) is 5.56 Å². The fourth-order valence-corrected chi connectivity index (χ4v) is 2.25. The fraction of sp³-hybridized carbons (Fsp3) is 0.538. The van der Waals surface area contributed by atoms with Gasteiger partial charge in [-0.2, -0.15) is 0 Å². The van der Waals surface area contributed by atoms with Gasteiger partial charge in [0.1, 0.15) is 0 Å². The molecule has 1 unspecified atom stereocenters. The molecule has 122 valence electrons. The van der Waals surface area contributed by atoms with Gasteiger partial charge in [-0.3, -0.25) is 0 Å². The molecule has 0 radical (unpaired) electrons. The fourth-order valence-electron chi connectivity index (χ4n) is 2.25. The van der Waals surface area contributed by atoms with Gasteiger partial charge in [-0.25, -0.2) is 8.78 Å². The number of ether oxygens (including phenoxy) is 2. The maximum Gasteiger partial charge on any atom is 0.264 e. The van der Waals surface area contributed by atoms with Crippen molar-refractivity contribution in [3.8, 4) is 0 Å². The molecule has 0 bridgehead atoms. The molecular weight excluding hydrogens is 310 g/mol. The summed E-state index contributed by atoms with van der Waals surface area (Å²) in [5.74, 6) is -3.32. The number of nitrogens with zero attached hydrogens (tertiary/aromatic N) is 6. The van der Waals surface area contributed by atoms with E-state index in [1.165, 1.54) is 0 Å². The van der Waals surface area contributed by atoms with Crippen molar-refractivity contribution >= 4 is 0 Å². The van der Waals surface area contributed by atoms with Crippen LogP contribution in [0.4, 0.5) is 8.78 Å². The lowest BCUT2D eigenvalue weighted by molar-refractivity contribution is -0.263. The van der Waals surface area contributed by atoms with Gasteiger partial charge in [0.15, 0.2) is 12.3 Å². The minimum absolute atomic E-state index is 0.0211. The number of rotatable bonds is 6. The minimum Gasteiger partial charge on any atom is -0.348 e. The zero-order valence-electron chi connectivity index (χ0n) is 12.0. The summed E-state index contributed by atoms with van der Waals surface area (Å²) in [7, 11) is 0.